The van der Waals surface area contributed by atoms with E-state index in [0.29, 0.717) is 50.2 Å². The van der Waals surface area contributed by atoms with Gasteiger partial charge < -0.3 is 14.5 Å². The number of rotatable bonds is 4. The highest BCUT2D eigenvalue weighted by atomic mass is 16.5. The van der Waals surface area contributed by atoms with Crippen LogP contribution in [0.4, 0.5) is 5.69 Å². The maximum atomic E-state index is 13.5. The number of hydrogen-bond acceptors (Lipinski definition) is 4. The van der Waals surface area contributed by atoms with Crippen LogP contribution in [0.3, 0.4) is 0 Å². The number of carbonyl (C=O) groups is 3. The molecule has 6 nitrogen and oxygen atoms in total. The van der Waals surface area contributed by atoms with Crippen molar-refractivity contribution in [1.29, 1.82) is 0 Å². The van der Waals surface area contributed by atoms with Gasteiger partial charge in [0.25, 0.3) is 0 Å². The molecule has 3 heterocycles. The molecule has 0 aliphatic carbocycles. The molecular weight excluding hydrogens is 452 g/mol. The van der Waals surface area contributed by atoms with Crippen molar-refractivity contribution in [1.82, 2.24) is 4.90 Å². The molecule has 0 saturated carbocycles. The molecular formula is C30H36N2O4. The van der Waals surface area contributed by atoms with Crippen molar-refractivity contribution in [3.05, 3.63) is 58.1 Å². The van der Waals surface area contributed by atoms with Gasteiger partial charge in [-0.3, -0.25) is 14.4 Å². The first kappa shape index (κ1) is 24.5. The number of ketones is 1. The molecule has 5 rings (SSSR count). The second kappa shape index (κ2) is 9.38. The third-order valence-electron chi connectivity index (χ3n) is 8.47. The first-order chi connectivity index (χ1) is 17.3. The zero-order valence-electron chi connectivity index (χ0n) is 21.9. The number of hydrogen-bond donors (Lipinski definition) is 0. The molecule has 36 heavy (non-hydrogen) atoms. The Morgan fingerprint density at radius 1 is 1.03 bits per heavy atom. The van der Waals surface area contributed by atoms with Crippen molar-refractivity contribution in [2.24, 2.45) is 5.92 Å². The molecule has 0 N–H and O–H groups in total. The number of amides is 2. The second-order valence-electron chi connectivity index (χ2n) is 10.6. The van der Waals surface area contributed by atoms with Crippen LogP contribution in [0, 0.1) is 19.8 Å². The van der Waals surface area contributed by atoms with Gasteiger partial charge in [-0.15, -0.1) is 0 Å². The summed E-state index contributed by atoms with van der Waals surface area (Å²) in [6.07, 6.45) is 3.55. The minimum atomic E-state index is -0.549. The normalized spacial score (nSPS) is 21.1. The summed E-state index contributed by atoms with van der Waals surface area (Å²) in [4.78, 5) is 43.2. The number of Topliss-reactive ketones (excluding diaryl/α,β-unsaturated/α-hetero) is 1. The van der Waals surface area contributed by atoms with Gasteiger partial charge in [0.15, 0.2) is 5.78 Å². The van der Waals surface area contributed by atoms with Crippen LogP contribution in [0.15, 0.2) is 30.3 Å². The Balaban J connectivity index is 1.28. The van der Waals surface area contributed by atoms with Crippen LogP contribution in [0.5, 0.6) is 5.75 Å². The Morgan fingerprint density at radius 3 is 2.33 bits per heavy atom. The lowest BCUT2D eigenvalue weighted by Gasteiger charge is -2.44. The standard InChI is InChI=1S/C30H36N2O4/c1-5-21-8-7-9-22(6-2)27(21)32-18-23(16-26(32)34)29(35)31-14-12-30(13-15-31)17-25(33)24-11-10-19(3)20(4)28(24)36-30/h7-11,23H,5-6,12-18H2,1-4H3. The molecule has 0 aromatic heterocycles. The average Bonchev–Trinajstić information content (AvgIpc) is 3.27. The molecule has 2 aromatic rings. The summed E-state index contributed by atoms with van der Waals surface area (Å²) in [7, 11) is 0. The van der Waals surface area contributed by atoms with Gasteiger partial charge in [0.05, 0.1) is 17.9 Å². The van der Waals surface area contributed by atoms with Crippen LogP contribution in [-0.2, 0) is 22.4 Å². The highest BCUT2D eigenvalue weighted by molar-refractivity contribution is 6.02. The zero-order valence-corrected chi connectivity index (χ0v) is 21.9. The van der Waals surface area contributed by atoms with Crippen molar-refractivity contribution in [3.63, 3.8) is 0 Å². The van der Waals surface area contributed by atoms with Gasteiger partial charge in [0.1, 0.15) is 11.4 Å². The predicted molar refractivity (Wildman–Crippen MR) is 140 cm³/mol. The number of nitrogens with zero attached hydrogens (tertiary/aromatic N) is 2. The molecule has 0 bridgehead atoms. The smallest absolute Gasteiger partial charge is 0.228 e. The number of fused-ring (bicyclic) bond motifs is 1. The lowest BCUT2D eigenvalue weighted by molar-refractivity contribution is -0.139. The number of piperidine rings is 1. The molecule has 3 aliphatic heterocycles. The summed E-state index contributed by atoms with van der Waals surface area (Å²) in [5.41, 5.74) is 5.55. The topological polar surface area (TPSA) is 66.9 Å². The molecule has 1 spiro atoms. The molecule has 190 valence electrons. The van der Waals surface area contributed by atoms with Gasteiger partial charge in [0, 0.05) is 44.6 Å². The van der Waals surface area contributed by atoms with Crippen LogP contribution in [0.25, 0.3) is 0 Å². The van der Waals surface area contributed by atoms with Gasteiger partial charge in [-0.1, -0.05) is 38.1 Å². The minimum Gasteiger partial charge on any atom is -0.486 e. The SMILES string of the molecule is CCc1cccc(CC)c1N1CC(C(=O)N2CCC3(CC2)CC(=O)c2ccc(C)c(C)c2O3)CC1=O. The van der Waals surface area contributed by atoms with Crippen LogP contribution < -0.4 is 9.64 Å². The van der Waals surface area contributed by atoms with E-state index in [9.17, 15) is 14.4 Å². The summed E-state index contributed by atoms with van der Waals surface area (Å²) in [6, 6.07) is 10.0. The van der Waals surface area contributed by atoms with Crippen LogP contribution >= 0.6 is 0 Å². The third-order valence-corrected chi connectivity index (χ3v) is 8.47. The zero-order chi connectivity index (χ0) is 25.6. The predicted octanol–water partition coefficient (Wildman–Crippen LogP) is 4.81. The van der Waals surface area contributed by atoms with Gasteiger partial charge >= 0.3 is 0 Å². The summed E-state index contributed by atoms with van der Waals surface area (Å²) >= 11 is 0. The Bertz CT molecular complexity index is 1200. The van der Waals surface area contributed by atoms with E-state index in [4.69, 9.17) is 4.74 Å². The molecule has 0 radical (unpaired) electrons. The monoisotopic (exact) mass is 488 g/mol. The molecule has 2 aromatic carbocycles. The number of aryl methyl sites for hydroxylation is 3. The van der Waals surface area contributed by atoms with E-state index in [1.807, 2.05) is 41.8 Å². The maximum Gasteiger partial charge on any atom is 0.228 e. The Labute approximate surface area is 213 Å². The first-order valence-corrected chi connectivity index (χ1v) is 13.3. The Kier molecular flexibility index (Phi) is 6.39. The van der Waals surface area contributed by atoms with Crippen LogP contribution in [-0.4, -0.2) is 47.7 Å². The average molecular weight is 489 g/mol. The molecule has 2 saturated heterocycles. The first-order valence-electron chi connectivity index (χ1n) is 13.3. The molecule has 2 fully saturated rings. The van der Waals surface area contributed by atoms with Crippen LogP contribution in [0.2, 0.25) is 0 Å². The van der Waals surface area contributed by atoms with E-state index >= 15 is 0 Å². The Hall–Kier alpha value is -3.15. The minimum absolute atomic E-state index is 0.0288. The lowest BCUT2D eigenvalue weighted by atomic mass is 9.81. The molecule has 3 aliphatic rings. The van der Waals surface area contributed by atoms with Crippen molar-refractivity contribution >= 4 is 23.3 Å². The summed E-state index contributed by atoms with van der Waals surface area (Å²) < 4.78 is 6.52. The quantitative estimate of drug-likeness (QED) is 0.620. The number of benzene rings is 2. The lowest BCUT2D eigenvalue weighted by Crippen LogP contribution is -2.53. The highest BCUT2D eigenvalue weighted by Gasteiger charge is 2.46. The third kappa shape index (κ3) is 4.10. The maximum absolute atomic E-state index is 13.5. The second-order valence-corrected chi connectivity index (χ2v) is 10.6. The van der Waals surface area contributed by atoms with E-state index in [-0.39, 0.29) is 29.9 Å². The Morgan fingerprint density at radius 2 is 1.69 bits per heavy atom. The van der Waals surface area contributed by atoms with Crippen molar-refractivity contribution in [2.45, 2.75) is 71.8 Å². The number of ether oxygens (including phenoxy) is 1. The van der Waals surface area contributed by atoms with Crippen molar-refractivity contribution in [2.75, 3.05) is 24.5 Å². The molecule has 6 heteroatoms. The van der Waals surface area contributed by atoms with E-state index < -0.39 is 5.60 Å². The summed E-state index contributed by atoms with van der Waals surface area (Å²) in [5.74, 6) is 0.575. The number of carbonyl (C=O) groups excluding carboxylic acids is 3. The van der Waals surface area contributed by atoms with Gasteiger partial charge in [-0.05, 0) is 55.0 Å². The largest absolute Gasteiger partial charge is 0.486 e. The fraction of sp³-hybridized carbons (Fsp3) is 0.500. The summed E-state index contributed by atoms with van der Waals surface area (Å²) in [5, 5.41) is 0. The van der Waals surface area contributed by atoms with Gasteiger partial charge in [-0.25, -0.2) is 0 Å². The van der Waals surface area contributed by atoms with Crippen molar-refractivity contribution in [3.8, 4) is 5.75 Å². The van der Waals surface area contributed by atoms with Crippen LogP contribution in [0.1, 0.15) is 72.1 Å². The molecule has 1 atom stereocenters. The molecule has 1 unspecified atom stereocenters. The number of likely N-dealkylation sites (tertiary alicyclic amines) is 1. The molecule has 2 amide bonds. The van der Waals surface area contributed by atoms with E-state index in [1.54, 1.807) is 0 Å². The van der Waals surface area contributed by atoms with Gasteiger partial charge in [0.2, 0.25) is 11.8 Å². The summed E-state index contributed by atoms with van der Waals surface area (Å²) in [6.45, 7) is 9.76. The fourth-order valence-corrected chi connectivity index (χ4v) is 6.10. The van der Waals surface area contributed by atoms with E-state index in [2.05, 4.69) is 26.0 Å². The fourth-order valence-electron chi connectivity index (χ4n) is 6.10. The highest BCUT2D eigenvalue weighted by Crippen LogP contribution is 2.42. The van der Waals surface area contributed by atoms with Gasteiger partial charge in [-0.2, -0.15) is 0 Å². The van der Waals surface area contributed by atoms with Crippen molar-refractivity contribution < 1.29 is 19.1 Å². The number of para-hydroxylation sites is 1. The number of anilines is 1. The van der Waals surface area contributed by atoms with E-state index in [0.717, 1.165) is 40.8 Å². The van der Waals surface area contributed by atoms with E-state index in [1.165, 1.54) is 0 Å².